The molecule has 0 fully saturated rings. The minimum absolute atomic E-state index is 0.0836. The third kappa shape index (κ3) is 4.94. The Bertz CT molecular complexity index is 740. The minimum atomic E-state index is -0.621. The second kappa shape index (κ2) is 8.12. The summed E-state index contributed by atoms with van der Waals surface area (Å²) in [7, 11) is 0. The Morgan fingerprint density at radius 2 is 1.88 bits per heavy atom. The molecule has 0 radical (unpaired) electrons. The highest BCUT2D eigenvalue weighted by Gasteiger charge is 2.15. The van der Waals surface area contributed by atoms with Gasteiger partial charge >= 0.3 is 5.97 Å². The molecular formula is C15H17Cl2N5O2. The molecule has 0 aliphatic carbocycles. The van der Waals surface area contributed by atoms with E-state index in [-0.39, 0.29) is 30.4 Å². The molecule has 2 aromatic rings. The third-order valence-corrected chi connectivity index (χ3v) is 3.43. The molecule has 0 atom stereocenters. The molecular weight excluding hydrogens is 353 g/mol. The summed E-state index contributed by atoms with van der Waals surface area (Å²) < 4.78 is 4.94. The first-order valence-electron chi connectivity index (χ1n) is 7.31. The monoisotopic (exact) mass is 369 g/mol. The lowest BCUT2D eigenvalue weighted by atomic mass is 10.3. The molecule has 24 heavy (non-hydrogen) atoms. The maximum absolute atomic E-state index is 11.9. The Morgan fingerprint density at radius 3 is 2.50 bits per heavy atom. The number of hydrogen-bond acceptors (Lipinski definition) is 7. The fourth-order valence-corrected chi connectivity index (χ4v) is 2.04. The molecule has 0 saturated carbocycles. The zero-order valence-electron chi connectivity index (χ0n) is 13.4. The number of carbonyl (C=O) groups excluding carboxylic acids is 1. The van der Waals surface area contributed by atoms with E-state index in [1.807, 2.05) is 13.8 Å². The van der Waals surface area contributed by atoms with Gasteiger partial charge < -0.3 is 15.4 Å². The van der Waals surface area contributed by atoms with Crippen LogP contribution >= 0.6 is 23.2 Å². The van der Waals surface area contributed by atoms with E-state index in [0.29, 0.717) is 15.7 Å². The van der Waals surface area contributed by atoms with Gasteiger partial charge in [0.1, 0.15) is 0 Å². The predicted octanol–water partition coefficient (Wildman–Crippen LogP) is 3.92. The fourth-order valence-electron chi connectivity index (χ4n) is 1.74. The lowest BCUT2D eigenvalue weighted by molar-refractivity contribution is 0.0512. The molecule has 9 heteroatoms. The van der Waals surface area contributed by atoms with Crippen molar-refractivity contribution >= 4 is 46.8 Å². The van der Waals surface area contributed by atoms with Crippen LogP contribution in [0.2, 0.25) is 10.0 Å². The molecule has 0 spiro atoms. The van der Waals surface area contributed by atoms with Gasteiger partial charge in [0.2, 0.25) is 17.7 Å². The number of hydrogen-bond donors (Lipinski definition) is 2. The van der Waals surface area contributed by atoms with Gasteiger partial charge in [0.25, 0.3) is 0 Å². The first kappa shape index (κ1) is 18.2. The number of anilines is 3. The van der Waals surface area contributed by atoms with E-state index in [2.05, 4.69) is 25.6 Å². The fraction of sp³-hybridized carbons (Fsp3) is 0.333. The van der Waals surface area contributed by atoms with Gasteiger partial charge in [-0.15, -0.1) is 0 Å². The normalized spacial score (nSPS) is 10.6. The van der Waals surface area contributed by atoms with Crippen LogP contribution in [0.15, 0.2) is 18.2 Å². The Balaban J connectivity index is 2.34. The number of esters is 1. The van der Waals surface area contributed by atoms with Crippen LogP contribution in [0.5, 0.6) is 0 Å². The van der Waals surface area contributed by atoms with Crippen LogP contribution in [0.4, 0.5) is 17.6 Å². The molecule has 0 saturated heterocycles. The van der Waals surface area contributed by atoms with Crippen LogP contribution in [0.25, 0.3) is 0 Å². The summed E-state index contributed by atoms with van der Waals surface area (Å²) in [5.74, 6) is -0.248. The summed E-state index contributed by atoms with van der Waals surface area (Å²) in [4.78, 5) is 24.3. The Hall–Kier alpha value is -2.12. The molecule has 0 unspecified atom stereocenters. The van der Waals surface area contributed by atoms with E-state index in [9.17, 15) is 4.79 Å². The van der Waals surface area contributed by atoms with E-state index in [1.165, 1.54) is 0 Å². The second-order valence-electron chi connectivity index (χ2n) is 5.08. The van der Waals surface area contributed by atoms with Crippen molar-refractivity contribution in [1.82, 2.24) is 15.0 Å². The molecule has 0 bridgehead atoms. The van der Waals surface area contributed by atoms with Crippen molar-refractivity contribution < 1.29 is 9.53 Å². The first-order chi connectivity index (χ1) is 11.4. The van der Waals surface area contributed by atoms with Crippen molar-refractivity contribution in [3.05, 3.63) is 34.1 Å². The van der Waals surface area contributed by atoms with E-state index in [1.54, 1.807) is 25.1 Å². The summed E-state index contributed by atoms with van der Waals surface area (Å²) in [5, 5.41) is 6.83. The summed E-state index contributed by atoms with van der Waals surface area (Å²) in [6.45, 7) is 5.80. The molecule has 0 aliphatic heterocycles. The van der Waals surface area contributed by atoms with E-state index in [4.69, 9.17) is 27.9 Å². The van der Waals surface area contributed by atoms with Crippen molar-refractivity contribution in [2.24, 2.45) is 0 Å². The van der Waals surface area contributed by atoms with Crippen molar-refractivity contribution in [3.63, 3.8) is 0 Å². The lowest BCUT2D eigenvalue weighted by Gasteiger charge is -2.12. The van der Waals surface area contributed by atoms with Crippen LogP contribution < -0.4 is 10.6 Å². The van der Waals surface area contributed by atoms with Gasteiger partial charge in [0, 0.05) is 11.7 Å². The minimum Gasteiger partial charge on any atom is -0.460 e. The van der Waals surface area contributed by atoms with Crippen LogP contribution in [0, 0.1) is 0 Å². The average Bonchev–Trinajstić information content (AvgIpc) is 2.50. The zero-order valence-corrected chi connectivity index (χ0v) is 14.9. The van der Waals surface area contributed by atoms with Crippen molar-refractivity contribution in [3.8, 4) is 0 Å². The van der Waals surface area contributed by atoms with Crippen molar-refractivity contribution in [2.45, 2.75) is 26.8 Å². The van der Waals surface area contributed by atoms with Crippen molar-refractivity contribution in [2.75, 3.05) is 17.2 Å². The Labute approximate surface area is 149 Å². The van der Waals surface area contributed by atoms with Gasteiger partial charge in [-0.25, -0.2) is 4.79 Å². The summed E-state index contributed by atoms with van der Waals surface area (Å²) in [6, 6.07) is 5.08. The number of aromatic nitrogens is 3. The van der Waals surface area contributed by atoms with E-state index < -0.39 is 5.97 Å². The number of halogens is 2. The molecule has 7 nitrogen and oxygen atoms in total. The highest BCUT2D eigenvalue weighted by atomic mass is 35.5. The van der Waals surface area contributed by atoms with Gasteiger partial charge in [-0.2, -0.15) is 15.0 Å². The van der Waals surface area contributed by atoms with Crippen LogP contribution in [0.3, 0.4) is 0 Å². The van der Waals surface area contributed by atoms with Crippen LogP contribution in [-0.2, 0) is 4.74 Å². The number of carbonyl (C=O) groups is 1. The molecule has 0 amide bonds. The van der Waals surface area contributed by atoms with Gasteiger partial charge in [0.05, 0.1) is 16.7 Å². The zero-order chi connectivity index (χ0) is 17.7. The number of rotatable bonds is 6. The Morgan fingerprint density at radius 1 is 1.17 bits per heavy atom. The SMILES string of the molecule is CCOC(=O)c1nc(Nc2ccc(Cl)c(Cl)c2)nc(NC(C)C)n1. The maximum Gasteiger partial charge on any atom is 0.376 e. The number of nitrogens with zero attached hydrogens (tertiary/aromatic N) is 3. The summed E-state index contributed by atoms with van der Waals surface area (Å²) in [5.41, 5.74) is 0.626. The summed E-state index contributed by atoms with van der Waals surface area (Å²) >= 11 is 11.9. The van der Waals surface area contributed by atoms with E-state index >= 15 is 0 Å². The largest absolute Gasteiger partial charge is 0.460 e. The molecule has 1 heterocycles. The number of ether oxygens (including phenoxy) is 1. The van der Waals surface area contributed by atoms with Crippen molar-refractivity contribution in [1.29, 1.82) is 0 Å². The number of nitrogens with one attached hydrogen (secondary N) is 2. The van der Waals surface area contributed by atoms with Crippen LogP contribution in [-0.4, -0.2) is 33.6 Å². The molecule has 2 N–H and O–H groups in total. The first-order valence-corrected chi connectivity index (χ1v) is 8.06. The molecule has 0 aliphatic rings. The highest BCUT2D eigenvalue weighted by Crippen LogP contribution is 2.26. The second-order valence-corrected chi connectivity index (χ2v) is 5.89. The standard InChI is InChI=1S/C15H17Cl2N5O2/c1-4-24-13(23)12-20-14(18-8(2)3)22-15(21-12)19-9-5-6-10(16)11(17)7-9/h5-8H,4H2,1-3H3,(H2,18,19,20,21,22). The molecule has 128 valence electrons. The lowest BCUT2D eigenvalue weighted by Crippen LogP contribution is -2.18. The van der Waals surface area contributed by atoms with Gasteiger partial charge in [-0.3, -0.25) is 0 Å². The Kier molecular flexibility index (Phi) is 6.16. The predicted molar refractivity (Wildman–Crippen MR) is 94.3 cm³/mol. The summed E-state index contributed by atoms with van der Waals surface area (Å²) in [6.07, 6.45) is 0. The maximum atomic E-state index is 11.9. The van der Waals surface area contributed by atoms with E-state index in [0.717, 1.165) is 0 Å². The highest BCUT2D eigenvalue weighted by molar-refractivity contribution is 6.42. The molecule has 2 rings (SSSR count). The quantitative estimate of drug-likeness (QED) is 0.745. The smallest absolute Gasteiger partial charge is 0.376 e. The third-order valence-electron chi connectivity index (χ3n) is 2.69. The van der Waals surface area contributed by atoms with Gasteiger partial charge in [-0.05, 0) is 39.0 Å². The topological polar surface area (TPSA) is 89.0 Å². The van der Waals surface area contributed by atoms with Gasteiger partial charge in [0.15, 0.2) is 0 Å². The number of benzene rings is 1. The molecule has 1 aromatic carbocycles. The van der Waals surface area contributed by atoms with Crippen LogP contribution in [0.1, 0.15) is 31.4 Å². The molecule has 1 aromatic heterocycles. The average molecular weight is 370 g/mol. The van der Waals surface area contributed by atoms with Gasteiger partial charge in [-0.1, -0.05) is 23.2 Å².